The van der Waals surface area contributed by atoms with Crippen LogP contribution in [0.15, 0.2) is 231 Å². The third-order valence-electron chi connectivity index (χ3n) is 13.6. The van der Waals surface area contributed by atoms with E-state index in [-0.39, 0.29) is 42.6 Å². The minimum absolute atomic E-state index is 0. The molecule has 0 saturated heterocycles. The fourth-order valence-corrected chi connectivity index (χ4v) is 9.84. The molecular weight excluding hydrogens is 1180 g/mol. The SMILES string of the molecule is Fc1c[c-]c(-c2ccc(-c3ccc(F)cc3-c3cc(-c4cc(F)ccc4-c4ccc(-c5[c-]cc(F)cc5F)nc4)cc(-c4ccccc4-c4cnc(-c5[c-]cccc5)cc4-c4ccc(-c5ccccc5)cc4)c3)cn2)c(F)c1.[Ir+3]. The van der Waals surface area contributed by atoms with Gasteiger partial charge in [0.25, 0.3) is 0 Å². The van der Waals surface area contributed by atoms with Crippen molar-refractivity contribution in [3.8, 4) is 123 Å². The standard InChI is InChI=1S/C69H38F6N3.Ir/c70-51-21-25-56(46-19-29-67(76-39-46)59-27-23-53(72)36-65(59)74)61(34-51)49-31-48(32-50(33-49)62-35-52(71)22-26-57(62)47-20-30-68(77-40-47)60-28-24-54(73)37-66(60)75)55-13-7-8-14-58(55)64-41-78-69(45-11-5-2-6-12-45)38-63(64)44-17-15-43(16-18-44)42-9-3-1-4-10-42;/h1-11,13-26,29-41H;/q-3;+3. The van der Waals surface area contributed by atoms with Gasteiger partial charge in [-0.2, -0.15) is 0 Å². The van der Waals surface area contributed by atoms with E-state index in [1.54, 1.807) is 36.4 Å². The number of nitrogens with zero attached hydrogens (tertiary/aromatic N) is 3. The van der Waals surface area contributed by atoms with Gasteiger partial charge in [0.15, 0.2) is 0 Å². The van der Waals surface area contributed by atoms with Crippen LogP contribution in [0, 0.1) is 53.1 Å². The molecule has 9 aromatic carbocycles. The van der Waals surface area contributed by atoms with Crippen molar-refractivity contribution < 1.29 is 46.4 Å². The Bertz CT molecular complexity index is 4030. The van der Waals surface area contributed by atoms with Gasteiger partial charge in [0, 0.05) is 47.4 Å². The number of pyridine rings is 3. The Kier molecular flexibility index (Phi) is 14.6. The molecule has 0 spiro atoms. The molecule has 0 bridgehead atoms. The smallest absolute Gasteiger partial charge is 0.304 e. The zero-order valence-corrected chi connectivity index (χ0v) is 43.8. The second-order valence-electron chi connectivity index (χ2n) is 18.5. The Morgan fingerprint density at radius 2 is 0.734 bits per heavy atom. The maximum atomic E-state index is 15.9. The quantitative estimate of drug-likeness (QED) is 0.0957. The summed E-state index contributed by atoms with van der Waals surface area (Å²) in [7, 11) is 0. The molecular formula is C69H38F6IrN3. The van der Waals surface area contributed by atoms with Crippen molar-refractivity contribution in [1.29, 1.82) is 0 Å². The van der Waals surface area contributed by atoms with Crippen LogP contribution in [-0.4, -0.2) is 15.0 Å². The van der Waals surface area contributed by atoms with E-state index < -0.39 is 34.9 Å². The fraction of sp³-hybridized carbons (Fsp3) is 0. The molecule has 79 heavy (non-hydrogen) atoms. The zero-order valence-electron chi connectivity index (χ0n) is 41.4. The third kappa shape index (κ3) is 10.7. The van der Waals surface area contributed by atoms with E-state index in [1.165, 1.54) is 36.7 Å². The van der Waals surface area contributed by atoms with Crippen LogP contribution in [0.4, 0.5) is 26.3 Å². The predicted octanol–water partition coefficient (Wildman–Crippen LogP) is 18.4. The minimum atomic E-state index is -0.819. The van der Waals surface area contributed by atoms with Crippen LogP contribution in [0.2, 0.25) is 0 Å². The van der Waals surface area contributed by atoms with Gasteiger partial charge >= 0.3 is 20.1 Å². The Hall–Kier alpha value is -9.34. The Morgan fingerprint density at radius 1 is 0.278 bits per heavy atom. The van der Waals surface area contributed by atoms with E-state index in [0.29, 0.717) is 50.1 Å². The summed E-state index contributed by atoms with van der Waals surface area (Å²) in [5.74, 6) is -4.22. The molecule has 12 rings (SSSR count). The number of hydrogen-bond acceptors (Lipinski definition) is 3. The summed E-state index contributed by atoms with van der Waals surface area (Å²) in [6.45, 7) is 0. The van der Waals surface area contributed by atoms with Crippen LogP contribution in [0.1, 0.15) is 0 Å². The van der Waals surface area contributed by atoms with Gasteiger partial charge in [0.2, 0.25) is 0 Å². The van der Waals surface area contributed by atoms with Crippen molar-refractivity contribution in [2.75, 3.05) is 0 Å². The maximum absolute atomic E-state index is 15.9. The van der Waals surface area contributed by atoms with Gasteiger partial charge in [-0.15, -0.1) is 60.2 Å². The van der Waals surface area contributed by atoms with E-state index >= 15 is 8.78 Å². The first-order chi connectivity index (χ1) is 38.1. The molecule has 3 heterocycles. The van der Waals surface area contributed by atoms with Gasteiger partial charge in [-0.25, -0.2) is 8.78 Å². The number of rotatable bonds is 11. The number of aromatic nitrogens is 3. The topological polar surface area (TPSA) is 38.7 Å². The Labute approximate surface area is 465 Å². The zero-order chi connectivity index (χ0) is 53.3. The van der Waals surface area contributed by atoms with Crippen LogP contribution in [-0.2, 0) is 20.1 Å². The predicted molar refractivity (Wildman–Crippen MR) is 296 cm³/mol. The molecule has 0 amide bonds. The van der Waals surface area contributed by atoms with Crippen molar-refractivity contribution in [3.63, 3.8) is 0 Å². The van der Waals surface area contributed by atoms with E-state index in [0.717, 1.165) is 74.5 Å². The molecule has 0 saturated carbocycles. The van der Waals surface area contributed by atoms with Crippen LogP contribution >= 0.6 is 0 Å². The number of benzene rings is 9. The number of hydrogen-bond donors (Lipinski definition) is 0. The molecule has 10 heteroatoms. The van der Waals surface area contributed by atoms with Gasteiger partial charge in [-0.1, -0.05) is 145 Å². The molecule has 0 aliphatic heterocycles. The molecule has 12 aromatic rings. The molecule has 0 atom stereocenters. The first-order valence-corrected chi connectivity index (χ1v) is 24.7. The van der Waals surface area contributed by atoms with Gasteiger partial charge in [0.05, 0.1) is 0 Å². The second kappa shape index (κ2) is 22.3. The maximum Gasteiger partial charge on any atom is 3.00 e. The molecule has 0 aliphatic carbocycles. The molecule has 0 aliphatic rings. The summed E-state index contributed by atoms with van der Waals surface area (Å²) in [6, 6.07) is 69.6. The fourth-order valence-electron chi connectivity index (χ4n) is 9.84. The van der Waals surface area contributed by atoms with Crippen molar-refractivity contribution in [2.24, 2.45) is 0 Å². The van der Waals surface area contributed by atoms with Crippen LogP contribution in [0.3, 0.4) is 0 Å². The molecule has 0 unspecified atom stereocenters. The van der Waals surface area contributed by atoms with Crippen molar-refractivity contribution in [1.82, 2.24) is 15.0 Å². The van der Waals surface area contributed by atoms with Crippen molar-refractivity contribution in [3.05, 3.63) is 284 Å². The summed E-state index contributed by atoms with van der Waals surface area (Å²) in [6.07, 6.45) is 4.95. The summed E-state index contributed by atoms with van der Waals surface area (Å²) < 4.78 is 89.3. The van der Waals surface area contributed by atoms with E-state index in [2.05, 4.69) is 70.6 Å². The number of halogens is 6. The molecule has 0 radical (unpaired) electrons. The molecule has 380 valence electrons. The van der Waals surface area contributed by atoms with E-state index in [9.17, 15) is 17.6 Å². The summed E-state index contributed by atoms with van der Waals surface area (Å²) >= 11 is 0. The van der Waals surface area contributed by atoms with Crippen LogP contribution in [0.25, 0.3) is 123 Å². The van der Waals surface area contributed by atoms with Crippen LogP contribution in [0.5, 0.6) is 0 Å². The van der Waals surface area contributed by atoms with Gasteiger partial charge < -0.3 is 15.0 Å². The summed E-state index contributed by atoms with van der Waals surface area (Å²) in [4.78, 5) is 14.1. The van der Waals surface area contributed by atoms with Crippen molar-refractivity contribution >= 4 is 0 Å². The van der Waals surface area contributed by atoms with Gasteiger partial charge in [0.1, 0.15) is 11.6 Å². The molecule has 0 fully saturated rings. The molecule has 0 N–H and O–H groups in total. The van der Waals surface area contributed by atoms with Gasteiger partial charge in [-0.05, 0) is 143 Å². The first kappa shape index (κ1) is 51.7. The normalized spacial score (nSPS) is 11.1. The van der Waals surface area contributed by atoms with Crippen LogP contribution < -0.4 is 0 Å². The Balaban J connectivity index is 0.00000660. The largest absolute Gasteiger partial charge is 3.00 e. The molecule has 3 nitrogen and oxygen atoms in total. The third-order valence-corrected chi connectivity index (χ3v) is 13.6. The summed E-state index contributed by atoms with van der Waals surface area (Å²) in [5, 5.41) is 0. The van der Waals surface area contributed by atoms with Gasteiger partial charge in [-0.3, -0.25) is 17.6 Å². The average Bonchev–Trinajstić information content (AvgIpc) is 3.56. The first-order valence-electron chi connectivity index (χ1n) is 24.7. The van der Waals surface area contributed by atoms with E-state index in [4.69, 9.17) is 4.98 Å². The van der Waals surface area contributed by atoms with E-state index in [1.807, 2.05) is 91.1 Å². The van der Waals surface area contributed by atoms with Crippen molar-refractivity contribution in [2.45, 2.75) is 0 Å². The summed E-state index contributed by atoms with van der Waals surface area (Å²) in [5.41, 5.74) is 13.5. The Morgan fingerprint density at radius 3 is 1.25 bits per heavy atom. The monoisotopic (exact) mass is 1220 g/mol. The second-order valence-corrected chi connectivity index (χ2v) is 18.5. The average molecular weight is 1220 g/mol. The minimum Gasteiger partial charge on any atom is -0.304 e. The molecule has 3 aromatic heterocycles.